The standard InChI is InChI=1S/C29H29FN2O2/c1-20-15-16-25(34-20)19-28-29(33)14-7-6-13-26(23-10-4-3-5-11-23)32-27(21(2)31-28)18-22-9-8-12-24(30)17-22/h3-5,8-13,15-17,32H,6-7,14,18-19H2,1-2H3/b26-13-,27-21+,31-28-. The topological polar surface area (TPSA) is 54.6 Å². The van der Waals surface area contributed by atoms with Crippen molar-refractivity contribution in [2.24, 2.45) is 4.99 Å². The summed E-state index contributed by atoms with van der Waals surface area (Å²) in [4.78, 5) is 17.9. The Bertz CT molecular complexity index is 1250. The van der Waals surface area contributed by atoms with Crippen molar-refractivity contribution >= 4 is 17.2 Å². The van der Waals surface area contributed by atoms with Crippen LogP contribution in [0.15, 0.2) is 93.6 Å². The number of aliphatic imine (C=N–C) groups is 1. The fourth-order valence-corrected chi connectivity index (χ4v) is 4.00. The number of rotatable bonds is 5. The Kier molecular flexibility index (Phi) is 7.53. The molecule has 4 rings (SSSR count). The van der Waals surface area contributed by atoms with E-state index in [1.165, 1.54) is 12.1 Å². The van der Waals surface area contributed by atoms with Gasteiger partial charge in [-0.1, -0.05) is 48.5 Å². The molecule has 0 amide bonds. The molecular formula is C29H29FN2O2. The second-order valence-electron chi connectivity index (χ2n) is 8.54. The van der Waals surface area contributed by atoms with Gasteiger partial charge in [-0.2, -0.15) is 0 Å². The molecule has 1 aliphatic heterocycles. The molecule has 0 aliphatic carbocycles. The Morgan fingerprint density at radius 3 is 2.56 bits per heavy atom. The first-order valence-electron chi connectivity index (χ1n) is 11.6. The average molecular weight is 457 g/mol. The van der Waals surface area contributed by atoms with Gasteiger partial charge in [0.15, 0.2) is 5.78 Å². The van der Waals surface area contributed by atoms with Crippen molar-refractivity contribution in [2.75, 3.05) is 0 Å². The molecule has 2 aromatic carbocycles. The Labute approximate surface area is 199 Å². The molecule has 0 bridgehead atoms. The molecular weight excluding hydrogens is 427 g/mol. The highest BCUT2D eigenvalue weighted by molar-refractivity contribution is 6.40. The number of nitrogens with zero attached hydrogens (tertiary/aromatic N) is 1. The summed E-state index contributed by atoms with van der Waals surface area (Å²) in [5.74, 6) is 1.26. The molecule has 0 radical (unpaired) electrons. The summed E-state index contributed by atoms with van der Waals surface area (Å²) in [7, 11) is 0. The van der Waals surface area contributed by atoms with Gasteiger partial charge in [0.1, 0.15) is 17.3 Å². The number of ketones is 1. The first kappa shape index (κ1) is 23.4. The Hall–Kier alpha value is -3.73. The van der Waals surface area contributed by atoms with Crippen LogP contribution in [0, 0.1) is 12.7 Å². The lowest BCUT2D eigenvalue weighted by atomic mass is 10.0. The first-order chi connectivity index (χ1) is 16.5. The molecule has 4 nitrogen and oxygen atoms in total. The number of carbonyl (C=O) groups is 1. The molecule has 0 saturated heterocycles. The highest BCUT2D eigenvalue weighted by atomic mass is 19.1. The molecule has 2 heterocycles. The number of nitrogens with one attached hydrogen (secondary N) is 1. The van der Waals surface area contributed by atoms with E-state index < -0.39 is 0 Å². The van der Waals surface area contributed by atoms with Crippen LogP contribution in [-0.4, -0.2) is 11.5 Å². The van der Waals surface area contributed by atoms with E-state index in [1.807, 2.05) is 62.4 Å². The number of halogens is 1. The van der Waals surface area contributed by atoms with Crippen molar-refractivity contribution < 1.29 is 13.6 Å². The van der Waals surface area contributed by atoms with E-state index in [1.54, 1.807) is 6.07 Å². The normalized spacial score (nSPS) is 20.5. The van der Waals surface area contributed by atoms with Crippen molar-refractivity contribution in [3.63, 3.8) is 0 Å². The first-order valence-corrected chi connectivity index (χ1v) is 11.6. The minimum absolute atomic E-state index is 0.0232. The van der Waals surface area contributed by atoms with Crippen molar-refractivity contribution in [1.29, 1.82) is 0 Å². The van der Waals surface area contributed by atoms with Gasteiger partial charge in [0, 0.05) is 24.2 Å². The van der Waals surface area contributed by atoms with Crippen LogP contribution in [0.25, 0.3) is 5.70 Å². The number of benzene rings is 2. The fourth-order valence-electron chi connectivity index (χ4n) is 4.00. The molecule has 3 aromatic rings. The van der Waals surface area contributed by atoms with Gasteiger partial charge in [-0.25, -0.2) is 4.39 Å². The van der Waals surface area contributed by atoms with Gasteiger partial charge in [-0.3, -0.25) is 9.79 Å². The molecule has 1 N–H and O–H groups in total. The summed E-state index contributed by atoms with van der Waals surface area (Å²) in [6, 6.07) is 20.4. The highest BCUT2D eigenvalue weighted by Gasteiger charge is 2.17. The second kappa shape index (κ2) is 10.9. The van der Waals surface area contributed by atoms with Crippen LogP contribution in [0.4, 0.5) is 4.39 Å². The van der Waals surface area contributed by atoms with Gasteiger partial charge >= 0.3 is 0 Å². The summed E-state index contributed by atoms with van der Waals surface area (Å²) in [6.07, 6.45) is 4.83. The van der Waals surface area contributed by atoms with Crippen LogP contribution in [0.2, 0.25) is 0 Å². The van der Waals surface area contributed by atoms with Crippen molar-refractivity contribution in [2.45, 2.75) is 46.0 Å². The van der Waals surface area contributed by atoms with Crippen molar-refractivity contribution in [3.05, 3.63) is 113 Å². The fraction of sp³-hybridized carbons (Fsp3) is 0.241. The van der Waals surface area contributed by atoms with Gasteiger partial charge in [-0.15, -0.1) is 0 Å². The minimum atomic E-state index is -0.279. The third-order valence-corrected chi connectivity index (χ3v) is 5.80. The van der Waals surface area contributed by atoms with E-state index in [0.717, 1.165) is 46.9 Å². The molecule has 0 fully saturated rings. The molecule has 1 aliphatic rings. The highest BCUT2D eigenvalue weighted by Crippen LogP contribution is 2.21. The third kappa shape index (κ3) is 6.19. The number of Topliss-reactive ketones (excluding diaryl/α,β-unsaturated/α-hetero) is 1. The lowest BCUT2D eigenvalue weighted by Crippen LogP contribution is -2.18. The maximum Gasteiger partial charge on any atom is 0.177 e. The van der Waals surface area contributed by atoms with Gasteiger partial charge in [0.05, 0.1) is 17.8 Å². The summed E-state index contributed by atoms with van der Waals surface area (Å²) < 4.78 is 19.6. The monoisotopic (exact) mass is 456 g/mol. The number of hydrogen-bond donors (Lipinski definition) is 1. The van der Waals surface area contributed by atoms with E-state index in [4.69, 9.17) is 9.41 Å². The predicted molar refractivity (Wildman–Crippen MR) is 134 cm³/mol. The molecule has 174 valence electrons. The van der Waals surface area contributed by atoms with Crippen LogP contribution in [0.1, 0.15) is 48.8 Å². The summed E-state index contributed by atoms with van der Waals surface area (Å²) in [6.45, 7) is 3.77. The van der Waals surface area contributed by atoms with E-state index in [9.17, 15) is 9.18 Å². The Morgan fingerprint density at radius 2 is 1.82 bits per heavy atom. The van der Waals surface area contributed by atoms with Gasteiger partial charge in [-0.05, 0) is 62.1 Å². The molecule has 34 heavy (non-hydrogen) atoms. The van der Waals surface area contributed by atoms with Gasteiger partial charge < -0.3 is 9.73 Å². The van der Waals surface area contributed by atoms with Crippen LogP contribution in [0.3, 0.4) is 0 Å². The summed E-state index contributed by atoms with van der Waals surface area (Å²) in [5.41, 5.74) is 4.83. The lowest BCUT2D eigenvalue weighted by Gasteiger charge is -2.17. The molecule has 5 heteroatoms. The van der Waals surface area contributed by atoms with E-state index in [0.29, 0.717) is 30.7 Å². The van der Waals surface area contributed by atoms with Crippen molar-refractivity contribution in [3.8, 4) is 0 Å². The van der Waals surface area contributed by atoms with E-state index in [2.05, 4.69) is 11.4 Å². The number of hydrogen-bond acceptors (Lipinski definition) is 4. The maximum atomic E-state index is 13.9. The molecule has 1 aromatic heterocycles. The predicted octanol–water partition coefficient (Wildman–Crippen LogP) is 6.57. The van der Waals surface area contributed by atoms with Crippen LogP contribution in [0.5, 0.6) is 0 Å². The summed E-state index contributed by atoms with van der Waals surface area (Å²) >= 11 is 0. The zero-order chi connectivity index (χ0) is 23.9. The molecule has 0 unspecified atom stereocenters. The van der Waals surface area contributed by atoms with Crippen LogP contribution in [-0.2, 0) is 17.6 Å². The zero-order valence-corrected chi connectivity index (χ0v) is 19.6. The van der Waals surface area contributed by atoms with Crippen molar-refractivity contribution in [1.82, 2.24) is 5.32 Å². The largest absolute Gasteiger partial charge is 0.466 e. The van der Waals surface area contributed by atoms with E-state index >= 15 is 0 Å². The lowest BCUT2D eigenvalue weighted by molar-refractivity contribution is -0.113. The number of furan rings is 1. The average Bonchev–Trinajstić information content (AvgIpc) is 3.23. The molecule has 0 atom stereocenters. The third-order valence-electron chi connectivity index (χ3n) is 5.80. The van der Waals surface area contributed by atoms with Crippen LogP contribution >= 0.6 is 0 Å². The van der Waals surface area contributed by atoms with Crippen LogP contribution < -0.4 is 5.32 Å². The zero-order valence-electron chi connectivity index (χ0n) is 19.6. The molecule has 0 spiro atoms. The smallest absolute Gasteiger partial charge is 0.177 e. The number of aryl methyl sites for hydroxylation is 1. The second-order valence-corrected chi connectivity index (χ2v) is 8.54. The maximum absolute atomic E-state index is 13.9. The Morgan fingerprint density at radius 1 is 1.00 bits per heavy atom. The summed E-state index contributed by atoms with van der Waals surface area (Å²) in [5, 5.41) is 3.57. The minimum Gasteiger partial charge on any atom is -0.466 e. The van der Waals surface area contributed by atoms with E-state index in [-0.39, 0.29) is 11.6 Å². The quantitative estimate of drug-likeness (QED) is 0.472. The SMILES string of the molecule is CC1=C(/Cc2cccc(F)c2)N/C(c2ccccc2)=C\CCCC(=O)/C(Cc2ccc(C)o2)=N\1. The van der Waals surface area contributed by atoms with Gasteiger partial charge in [0.25, 0.3) is 0 Å². The Balaban J connectivity index is 1.76. The molecule has 0 saturated carbocycles. The number of allylic oxidation sites excluding steroid dienone is 3. The number of carbonyl (C=O) groups excluding carboxylic acids is 1. The van der Waals surface area contributed by atoms with Gasteiger partial charge in [0.2, 0.25) is 0 Å².